The highest BCUT2D eigenvalue weighted by atomic mass is 35.5. The van der Waals surface area contributed by atoms with Crippen LogP contribution in [0.25, 0.3) is 10.2 Å². The molecule has 0 amide bonds. The fourth-order valence-electron chi connectivity index (χ4n) is 2.07. The van der Waals surface area contributed by atoms with Crippen LogP contribution in [0.1, 0.15) is 10.6 Å². The maximum atomic E-state index is 5.87. The summed E-state index contributed by atoms with van der Waals surface area (Å²) in [4.78, 5) is 8.99. The number of halogens is 1. The molecule has 0 aliphatic heterocycles. The number of thioether (sulfide) groups is 1. The number of para-hydroxylation sites is 1. The Labute approximate surface area is 161 Å². The Morgan fingerprint density at radius 1 is 1.04 bits per heavy atom. The van der Waals surface area contributed by atoms with Crippen LogP contribution >= 0.6 is 46.0 Å². The van der Waals surface area contributed by atoms with Crippen LogP contribution < -0.4 is 0 Å². The monoisotopic (exact) mass is 402 g/mol. The fraction of sp³-hybridized carbons (Fsp3) is 0.0588. The molecule has 2 aromatic carbocycles. The molecule has 2 heterocycles. The Balaban J connectivity index is 1.40. The number of rotatable bonds is 5. The molecule has 0 unspecified atom stereocenters. The maximum absolute atomic E-state index is 5.87. The van der Waals surface area contributed by atoms with Crippen LogP contribution in [0.2, 0.25) is 5.02 Å². The molecule has 8 heteroatoms. The molecule has 0 spiro atoms. The van der Waals surface area contributed by atoms with Crippen molar-refractivity contribution < 1.29 is 0 Å². The van der Waals surface area contributed by atoms with Gasteiger partial charge in [-0.05, 0) is 29.8 Å². The minimum absolute atomic E-state index is 0.648. The van der Waals surface area contributed by atoms with Crippen molar-refractivity contribution in [2.45, 2.75) is 10.1 Å². The Morgan fingerprint density at radius 3 is 2.72 bits per heavy atom. The molecule has 4 rings (SSSR count). The van der Waals surface area contributed by atoms with E-state index in [2.05, 4.69) is 26.2 Å². The number of benzene rings is 2. The molecule has 2 aromatic heterocycles. The van der Waals surface area contributed by atoms with Crippen LogP contribution in [0.3, 0.4) is 0 Å². The third kappa shape index (κ3) is 4.24. The van der Waals surface area contributed by atoms with E-state index in [9.17, 15) is 0 Å². The van der Waals surface area contributed by atoms with E-state index >= 15 is 0 Å². The lowest BCUT2D eigenvalue weighted by Crippen LogP contribution is -1.79. The van der Waals surface area contributed by atoms with Crippen LogP contribution in [0.15, 0.2) is 57.9 Å². The van der Waals surface area contributed by atoms with E-state index in [-0.39, 0.29) is 0 Å². The van der Waals surface area contributed by atoms with Crippen molar-refractivity contribution >= 4 is 67.6 Å². The summed E-state index contributed by atoms with van der Waals surface area (Å²) in [6.07, 6.45) is 1.77. The van der Waals surface area contributed by atoms with Crippen molar-refractivity contribution in [1.82, 2.24) is 15.2 Å². The van der Waals surface area contributed by atoms with E-state index in [1.54, 1.807) is 29.3 Å². The van der Waals surface area contributed by atoms with E-state index in [1.165, 1.54) is 16.0 Å². The zero-order valence-corrected chi connectivity index (χ0v) is 16.0. The summed E-state index contributed by atoms with van der Waals surface area (Å²) in [6, 6.07) is 15.7. The molecular formula is C17H11ClN4S3. The lowest BCUT2D eigenvalue weighted by atomic mass is 10.2. The topological polar surface area (TPSA) is 51.0 Å². The van der Waals surface area contributed by atoms with Crippen molar-refractivity contribution in [2.24, 2.45) is 4.99 Å². The van der Waals surface area contributed by atoms with Gasteiger partial charge >= 0.3 is 0 Å². The normalized spacial score (nSPS) is 11.6. The first-order chi connectivity index (χ1) is 12.3. The largest absolute Gasteiger partial charge is 0.231 e. The summed E-state index contributed by atoms with van der Waals surface area (Å²) >= 11 is 10.7. The van der Waals surface area contributed by atoms with E-state index < -0.39 is 0 Å². The van der Waals surface area contributed by atoms with Gasteiger partial charge in [0.2, 0.25) is 5.13 Å². The first-order valence-electron chi connectivity index (χ1n) is 7.37. The highest BCUT2D eigenvalue weighted by Gasteiger charge is 2.07. The number of aliphatic imine (C=N–C) groups is 1. The summed E-state index contributed by atoms with van der Waals surface area (Å²) in [7, 11) is 0. The SMILES string of the molecule is Clc1ccc(/C=N/c2nnc(CSc3nc4ccccc4s3)s2)cc1. The molecule has 4 nitrogen and oxygen atoms in total. The molecule has 25 heavy (non-hydrogen) atoms. The van der Waals surface area contributed by atoms with Crippen molar-refractivity contribution in [2.75, 3.05) is 0 Å². The van der Waals surface area contributed by atoms with Gasteiger partial charge < -0.3 is 0 Å². The third-order valence-corrected chi connectivity index (χ3v) is 6.70. The summed E-state index contributed by atoms with van der Waals surface area (Å²) < 4.78 is 2.25. The van der Waals surface area contributed by atoms with Gasteiger partial charge in [0.15, 0.2) is 4.34 Å². The fourth-order valence-corrected chi connectivity index (χ4v) is 4.93. The molecule has 0 N–H and O–H groups in total. The van der Waals surface area contributed by atoms with Crippen molar-refractivity contribution in [3.8, 4) is 0 Å². The molecule has 0 bridgehead atoms. The molecule has 0 radical (unpaired) electrons. The Morgan fingerprint density at radius 2 is 1.88 bits per heavy atom. The highest BCUT2D eigenvalue weighted by Crippen LogP contribution is 2.32. The lowest BCUT2D eigenvalue weighted by Gasteiger charge is -1.91. The predicted molar refractivity (Wildman–Crippen MR) is 108 cm³/mol. The third-order valence-electron chi connectivity index (χ3n) is 3.24. The van der Waals surface area contributed by atoms with Gasteiger partial charge in [0.05, 0.1) is 16.0 Å². The molecular weight excluding hydrogens is 392 g/mol. The predicted octanol–water partition coefficient (Wildman–Crippen LogP) is 5.84. The van der Waals surface area contributed by atoms with Crippen LogP contribution in [0, 0.1) is 0 Å². The van der Waals surface area contributed by atoms with E-state index in [0.717, 1.165) is 26.2 Å². The van der Waals surface area contributed by atoms with Crippen molar-refractivity contribution in [3.05, 3.63) is 64.1 Å². The first kappa shape index (κ1) is 16.7. The highest BCUT2D eigenvalue weighted by molar-refractivity contribution is 8.00. The summed E-state index contributed by atoms with van der Waals surface area (Å²) in [6.45, 7) is 0. The summed E-state index contributed by atoms with van der Waals surface area (Å²) in [5.74, 6) is 0.744. The number of thiazole rings is 1. The van der Waals surface area contributed by atoms with Crippen molar-refractivity contribution in [3.63, 3.8) is 0 Å². The molecule has 0 atom stereocenters. The quantitative estimate of drug-likeness (QED) is 0.310. The zero-order valence-electron chi connectivity index (χ0n) is 12.8. The van der Waals surface area contributed by atoms with Gasteiger partial charge in [-0.15, -0.1) is 21.5 Å². The van der Waals surface area contributed by atoms with Gasteiger partial charge in [-0.3, -0.25) is 0 Å². The van der Waals surface area contributed by atoms with E-state index in [0.29, 0.717) is 10.2 Å². The smallest absolute Gasteiger partial charge is 0.230 e. The van der Waals surface area contributed by atoms with Gasteiger partial charge in [0, 0.05) is 11.2 Å². The van der Waals surface area contributed by atoms with Crippen LogP contribution in [-0.4, -0.2) is 21.4 Å². The molecule has 4 aromatic rings. The number of nitrogens with zero attached hydrogens (tertiary/aromatic N) is 4. The zero-order chi connectivity index (χ0) is 17.1. The second-order valence-electron chi connectivity index (χ2n) is 5.02. The van der Waals surface area contributed by atoms with Gasteiger partial charge in [0.25, 0.3) is 0 Å². The number of fused-ring (bicyclic) bond motifs is 1. The molecule has 124 valence electrons. The lowest BCUT2D eigenvalue weighted by molar-refractivity contribution is 1.04. The van der Waals surface area contributed by atoms with Crippen LogP contribution in [0.5, 0.6) is 0 Å². The number of hydrogen-bond donors (Lipinski definition) is 0. The first-order valence-corrected chi connectivity index (χ1v) is 10.4. The number of hydrogen-bond acceptors (Lipinski definition) is 7. The van der Waals surface area contributed by atoms with Crippen LogP contribution in [0.4, 0.5) is 5.13 Å². The summed E-state index contributed by atoms with van der Waals surface area (Å²) in [5.41, 5.74) is 2.02. The maximum Gasteiger partial charge on any atom is 0.231 e. The number of aromatic nitrogens is 3. The molecule has 0 saturated heterocycles. The molecule has 0 saturated carbocycles. The van der Waals surface area contributed by atoms with Crippen LogP contribution in [-0.2, 0) is 5.75 Å². The second kappa shape index (κ2) is 7.61. The van der Waals surface area contributed by atoms with E-state index in [1.807, 2.05) is 42.5 Å². The van der Waals surface area contributed by atoms with E-state index in [4.69, 9.17) is 11.6 Å². The Kier molecular flexibility index (Phi) is 5.07. The van der Waals surface area contributed by atoms with Gasteiger partial charge in [-0.2, -0.15) is 0 Å². The summed E-state index contributed by atoms with van der Waals surface area (Å²) in [5, 5.41) is 10.6. The average Bonchev–Trinajstić information content (AvgIpc) is 3.25. The average molecular weight is 403 g/mol. The Bertz CT molecular complexity index is 991. The van der Waals surface area contributed by atoms with Gasteiger partial charge in [-0.25, -0.2) is 9.98 Å². The van der Waals surface area contributed by atoms with Gasteiger partial charge in [-0.1, -0.05) is 59.0 Å². The molecule has 0 aliphatic carbocycles. The standard InChI is InChI=1S/C17H11ClN4S3/c18-12-7-5-11(6-8-12)9-19-16-22-21-15(25-16)10-23-17-20-13-3-1-2-4-14(13)24-17/h1-9H,10H2/b19-9+. The minimum Gasteiger partial charge on any atom is -0.230 e. The molecule has 0 fully saturated rings. The Hall–Kier alpha value is -1.80. The second-order valence-corrected chi connectivity index (χ2v) is 8.75. The minimum atomic E-state index is 0.648. The van der Waals surface area contributed by atoms with Crippen molar-refractivity contribution in [1.29, 1.82) is 0 Å². The molecule has 0 aliphatic rings. The van der Waals surface area contributed by atoms with Gasteiger partial charge in [0.1, 0.15) is 5.01 Å².